The molecule has 0 aliphatic carbocycles. The standard InChI is InChI=1S/C14H14N2O2/c1-17-12-8-4-5-9-13(12)18-11-7-3-2-6-10(11)14(15)16/h2-9H,1H3,(H3,15,16). The third-order valence-corrected chi connectivity index (χ3v) is 2.47. The summed E-state index contributed by atoms with van der Waals surface area (Å²) in [5.41, 5.74) is 6.07. The normalized spacial score (nSPS) is 9.83. The van der Waals surface area contributed by atoms with E-state index >= 15 is 0 Å². The summed E-state index contributed by atoms with van der Waals surface area (Å²) in [6, 6.07) is 14.5. The average Bonchev–Trinajstić information content (AvgIpc) is 2.40. The van der Waals surface area contributed by atoms with Crippen LogP contribution in [0.5, 0.6) is 17.2 Å². The van der Waals surface area contributed by atoms with Crippen molar-refractivity contribution in [3.05, 3.63) is 54.1 Å². The number of hydrogen-bond donors (Lipinski definition) is 2. The maximum Gasteiger partial charge on any atom is 0.169 e. The first-order chi connectivity index (χ1) is 8.72. The lowest BCUT2D eigenvalue weighted by molar-refractivity contribution is 0.378. The third kappa shape index (κ3) is 2.43. The molecule has 92 valence electrons. The second kappa shape index (κ2) is 5.23. The van der Waals surface area contributed by atoms with Crippen LogP contribution in [0, 0.1) is 5.41 Å². The van der Waals surface area contributed by atoms with Crippen LogP contribution in [-0.4, -0.2) is 12.9 Å². The number of nitrogen functional groups attached to an aromatic ring is 1. The molecule has 0 saturated carbocycles. The number of rotatable bonds is 4. The highest BCUT2D eigenvalue weighted by molar-refractivity contribution is 5.97. The van der Waals surface area contributed by atoms with Gasteiger partial charge in [-0.3, -0.25) is 5.41 Å². The molecule has 3 N–H and O–H groups in total. The highest BCUT2D eigenvalue weighted by Gasteiger charge is 2.09. The lowest BCUT2D eigenvalue weighted by Gasteiger charge is -2.12. The van der Waals surface area contributed by atoms with Crippen molar-refractivity contribution in [3.8, 4) is 17.2 Å². The van der Waals surface area contributed by atoms with Gasteiger partial charge in [0.05, 0.1) is 12.7 Å². The minimum Gasteiger partial charge on any atom is -0.493 e. The number of nitrogens with two attached hydrogens (primary N) is 1. The summed E-state index contributed by atoms with van der Waals surface area (Å²) in [5.74, 6) is 1.74. The van der Waals surface area contributed by atoms with Crippen molar-refractivity contribution in [1.82, 2.24) is 0 Å². The van der Waals surface area contributed by atoms with Gasteiger partial charge >= 0.3 is 0 Å². The van der Waals surface area contributed by atoms with E-state index in [1.54, 1.807) is 25.3 Å². The number of nitrogens with one attached hydrogen (secondary N) is 1. The van der Waals surface area contributed by atoms with E-state index in [-0.39, 0.29) is 5.84 Å². The van der Waals surface area contributed by atoms with Crippen molar-refractivity contribution >= 4 is 5.84 Å². The number of hydrogen-bond acceptors (Lipinski definition) is 3. The Bertz CT molecular complexity index is 567. The van der Waals surface area contributed by atoms with Gasteiger partial charge in [0, 0.05) is 0 Å². The Morgan fingerprint density at radius 3 is 2.11 bits per heavy atom. The molecule has 4 heteroatoms. The molecular formula is C14H14N2O2. The predicted molar refractivity (Wildman–Crippen MR) is 70.5 cm³/mol. The van der Waals surface area contributed by atoms with Crippen LogP contribution in [0.4, 0.5) is 0 Å². The van der Waals surface area contributed by atoms with Gasteiger partial charge in [-0.15, -0.1) is 0 Å². The molecule has 0 saturated heterocycles. The van der Waals surface area contributed by atoms with Crippen LogP contribution < -0.4 is 15.2 Å². The molecule has 4 nitrogen and oxygen atoms in total. The van der Waals surface area contributed by atoms with E-state index in [1.165, 1.54) is 0 Å². The van der Waals surface area contributed by atoms with Gasteiger partial charge in [-0.25, -0.2) is 0 Å². The first-order valence-corrected chi connectivity index (χ1v) is 5.46. The Morgan fingerprint density at radius 1 is 0.944 bits per heavy atom. The summed E-state index contributed by atoms with van der Waals surface area (Å²) >= 11 is 0. The van der Waals surface area contributed by atoms with Gasteiger partial charge in [0.15, 0.2) is 11.5 Å². The van der Waals surface area contributed by atoms with Gasteiger partial charge in [0.1, 0.15) is 11.6 Å². The highest BCUT2D eigenvalue weighted by Crippen LogP contribution is 2.32. The molecule has 2 aromatic rings. The molecule has 0 unspecified atom stereocenters. The number of ether oxygens (including phenoxy) is 2. The van der Waals surface area contributed by atoms with E-state index in [2.05, 4.69) is 0 Å². The second-order valence-electron chi connectivity index (χ2n) is 3.66. The molecule has 0 aromatic heterocycles. The molecule has 2 rings (SSSR count). The molecule has 0 atom stereocenters. The van der Waals surface area contributed by atoms with Crippen molar-refractivity contribution < 1.29 is 9.47 Å². The molecule has 18 heavy (non-hydrogen) atoms. The molecular weight excluding hydrogens is 228 g/mol. The Morgan fingerprint density at radius 2 is 1.50 bits per heavy atom. The Hall–Kier alpha value is -2.49. The fraction of sp³-hybridized carbons (Fsp3) is 0.0714. The van der Waals surface area contributed by atoms with E-state index in [4.69, 9.17) is 20.6 Å². The highest BCUT2D eigenvalue weighted by atomic mass is 16.5. The quantitative estimate of drug-likeness (QED) is 0.639. The molecule has 0 bridgehead atoms. The van der Waals surface area contributed by atoms with Gasteiger partial charge in [0.25, 0.3) is 0 Å². The molecule has 0 fully saturated rings. The smallest absolute Gasteiger partial charge is 0.169 e. The van der Waals surface area contributed by atoms with Gasteiger partial charge in [-0.1, -0.05) is 24.3 Å². The van der Waals surface area contributed by atoms with Gasteiger partial charge in [0.2, 0.25) is 0 Å². The monoisotopic (exact) mass is 242 g/mol. The predicted octanol–water partition coefficient (Wildman–Crippen LogP) is 2.77. The Kier molecular flexibility index (Phi) is 3.48. The topological polar surface area (TPSA) is 68.3 Å². The summed E-state index contributed by atoms with van der Waals surface area (Å²) in [6.07, 6.45) is 0. The number of amidine groups is 1. The molecule has 0 aliphatic rings. The van der Waals surface area contributed by atoms with Gasteiger partial charge in [-0.2, -0.15) is 0 Å². The van der Waals surface area contributed by atoms with E-state index < -0.39 is 0 Å². The van der Waals surface area contributed by atoms with Crippen molar-refractivity contribution in [2.24, 2.45) is 5.73 Å². The maximum atomic E-state index is 7.51. The summed E-state index contributed by atoms with van der Waals surface area (Å²) in [4.78, 5) is 0. The first-order valence-electron chi connectivity index (χ1n) is 5.46. The van der Waals surface area contributed by atoms with Crippen molar-refractivity contribution in [2.45, 2.75) is 0 Å². The van der Waals surface area contributed by atoms with Crippen LogP contribution in [0.1, 0.15) is 5.56 Å². The minimum atomic E-state index is -0.0273. The third-order valence-electron chi connectivity index (χ3n) is 2.47. The van der Waals surface area contributed by atoms with E-state index in [9.17, 15) is 0 Å². The second-order valence-corrected chi connectivity index (χ2v) is 3.66. The summed E-state index contributed by atoms with van der Waals surface area (Å²) in [7, 11) is 1.58. The van der Waals surface area contributed by atoms with E-state index in [0.29, 0.717) is 22.8 Å². The zero-order chi connectivity index (χ0) is 13.0. The SMILES string of the molecule is COc1ccccc1Oc1ccccc1C(=N)N. The lowest BCUT2D eigenvalue weighted by Crippen LogP contribution is -2.12. The fourth-order valence-corrected chi connectivity index (χ4v) is 1.60. The van der Waals surface area contributed by atoms with Crippen LogP contribution in [0.3, 0.4) is 0 Å². The largest absolute Gasteiger partial charge is 0.493 e. The zero-order valence-electron chi connectivity index (χ0n) is 10.0. The zero-order valence-corrected chi connectivity index (χ0v) is 10.0. The molecule has 0 spiro atoms. The maximum absolute atomic E-state index is 7.51. The molecule has 0 heterocycles. The summed E-state index contributed by atoms with van der Waals surface area (Å²) in [6.45, 7) is 0. The Balaban J connectivity index is 2.37. The summed E-state index contributed by atoms with van der Waals surface area (Å²) < 4.78 is 11.0. The van der Waals surface area contributed by atoms with Crippen molar-refractivity contribution in [3.63, 3.8) is 0 Å². The first kappa shape index (κ1) is 12.0. The number of methoxy groups -OCH3 is 1. The average molecular weight is 242 g/mol. The number of benzene rings is 2. The van der Waals surface area contributed by atoms with E-state index in [0.717, 1.165) is 0 Å². The Labute approximate surface area is 105 Å². The van der Waals surface area contributed by atoms with Gasteiger partial charge < -0.3 is 15.2 Å². The molecule has 0 amide bonds. The lowest BCUT2D eigenvalue weighted by atomic mass is 10.2. The van der Waals surface area contributed by atoms with Crippen LogP contribution in [0.25, 0.3) is 0 Å². The molecule has 0 radical (unpaired) electrons. The minimum absolute atomic E-state index is 0.0273. The van der Waals surface area contributed by atoms with Crippen LogP contribution in [-0.2, 0) is 0 Å². The molecule has 0 aliphatic heterocycles. The fourth-order valence-electron chi connectivity index (χ4n) is 1.60. The van der Waals surface area contributed by atoms with Crippen molar-refractivity contribution in [2.75, 3.05) is 7.11 Å². The summed E-state index contributed by atoms with van der Waals surface area (Å²) in [5, 5.41) is 7.51. The van der Waals surface area contributed by atoms with Crippen molar-refractivity contribution in [1.29, 1.82) is 5.41 Å². The van der Waals surface area contributed by atoms with Gasteiger partial charge in [-0.05, 0) is 24.3 Å². The number of para-hydroxylation sites is 3. The van der Waals surface area contributed by atoms with Crippen LogP contribution in [0.2, 0.25) is 0 Å². The van der Waals surface area contributed by atoms with E-state index in [1.807, 2.05) is 30.3 Å². The molecule has 2 aromatic carbocycles. The van der Waals surface area contributed by atoms with Crippen LogP contribution >= 0.6 is 0 Å². The van der Waals surface area contributed by atoms with Crippen LogP contribution in [0.15, 0.2) is 48.5 Å².